The van der Waals surface area contributed by atoms with Crippen molar-refractivity contribution in [3.63, 3.8) is 0 Å². The molecule has 0 spiro atoms. The molecule has 0 aromatic heterocycles. The summed E-state index contributed by atoms with van der Waals surface area (Å²) < 4.78 is 33.8. The summed E-state index contributed by atoms with van der Waals surface area (Å²) in [7, 11) is -4.67. The maximum atomic E-state index is 8.74. The summed E-state index contributed by atoms with van der Waals surface area (Å²) >= 11 is 0.941. The van der Waals surface area contributed by atoms with E-state index in [0.29, 0.717) is 0 Å². The van der Waals surface area contributed by atoms with Gasteiger partial charge in [0.2, 0.25) is 0 Å². The van der Waals surface area contributed by atoms with Crippen LogP contribution in [-0.2, 0) is 10.4 Å². The van der Waals surface area contributed by atoms with E-state index >= 15 is 0 Å². The zero-order valence-electron chi connectivity index (χ0n) is 4.40. The summed E-state index contributed by atoms with van der Waals surface area (Å²) in [6.45, 7) is 2.09. The number of hydrogen-bond donors (Lipinski definition) is 2. The summed E-state index contributed by atoms with van der Waals surface area (Å²) in [6.07, 6.45) is 0. The van der Waals surface area contributed by atoms with Crippen LogP contribution < -0.4 is 0 Å². The third-order valence-electron chi connectivity index (χ3n) is 0. The molecule has 0 heterocycles. The maximum absolute atomic E-state index is 8.74. The molecular weight excluding hydrogens is 257 g/mol. The molecule has 8 heavy (non-hydrogen) atoms. The Kier molecular flexibility index (Phi) is 9.67. The molecule has 0 aliphatic heterocycles. The van der Waals surface area contributed by atoms with Gasteiger partial charge in [-0.1, -0.05) is 0 Å². The van der Waals surface area contributed by atoms with Crippen molar-refractivity contribution in [2.24, 2.45) is 0 Å². The molecular formula is C2H6BaO4S. The van der Waals surface area contributed by atoms with Crippen LogP contribution in [0.25, 0.3) is 0 Å². The van der Waals surface area contributed by atoms with Crippen LogP contribution in [-0.4, -0.2) is 64.0 Å². The van der Waals surface area contributed by atoms with E-state index < -0.39 is 10.4 Å². The number of hydrogen-bond acceptors (Lipinski definition) is 2. The predicted octanol–water partition coefficient (Wildman–Crippen LogP) is -0.676. The van der Waals surface area contributed by atoms with Crippen molar-refractivity contribution < 1.29 is 17.5 Å². The van der Waals surface area contributed by atoms with Crippen molar-refractivity contribution in [2.75, 3.05) is 0 Å². The summed E-state index contributed by atoms with van der Waals surface area (Å²) in [4.78, 5) is 0. The first kappa shape index (κ1) is 12.0. The Morgan fingerprint density at radius 3 is 1.50 bits per heavy atom. The molecule has 0 unspecified atom stereocenters. The molecule has 0 bridgehead atoms. The first-order valence-corrected chi connectivity index (χ1v) is 5.64. The molecule has 2 N–H and O–H groups in total. The van der Waals surface area contributed by atoms with Gasteiger partial charge in [-0.15, -0.1) is 0 Å². The van der Waals surface area contributed by atoms with Gasteiger partial charge in [-0.05, 0) is 0 Å². The second-order valence-corrected chi connectivity index (χ2v) is 4.32. The van der Waals surface area contributed by atoms with E-state index in [1.54, 1.807) is 0 Å². The average Bonchev–Trinajstić information content (AvgIpc) is 1.27. The van der Waals surface area contributed by atoms with Crippen LogP contribution in [0.2, 0.25) is 0 Å². The van der Waals surface area contributed by atoms with Gasteiger partial charge in [-0.2, -0.15) is 8.42 Å². The Bertz CT molecular complexity index is 128. The minimum absolute atomic E-state index is 0.941. The Balaban J connectivity index is 0. The fourth-order valence-corrected chi connectivity index (χ4v) is 0. The van der Waals surface area contributed by atoms with E-state index in [4.69, 9.17) is 17.5 Å². The average molecular weight is 263 g/mol. The molecule has 0 radical (unpaired) electrons. The van der Waals surface area contributed by atoms with Crippen molar-refractivity contribution in [2.45, 2.75) is 6.92 Å². The van der Waals surface area contributed by atoms with Gasteiger partial charge in [0.25, 0.3) is 0 Å². The molecule has 0 aliphatic rings. The van der Waals surface area contributed by atoms with E-state index in [-0.39, 0.29) is 0 Å². The summed E-state index contributed by atoms with van der Waals surface area (Å²) in [5.41, 5.74) is 0. The molecule has 46 valence electrons. The van der Waals surface area contributed by atoms with Gasteiger partial charge in [0.15, 0.2) is 0 Å². The minimum Gasteiger partial charge on any atom is -0.264 e. The van der Waals surface area contributed by atoms with Gasteiger partial charge in [-0.3, -0.25) is 9.11 Å². The van der Waals surface area contributed by atoms with Crippen LogP contribution >= 0.6 is 0 Å². The van der Waals surface area contributed by atoms with Gasteiger partial charge in [-0.25, -0.2) is 0 Å². The summed E-state index contributed by atoms with van der Waals surface area (Å²) in [5, 5.41) is 0. The SMILES string of the molecule is C[CH]=[Ba].O=S(=O)(O)O. The molecule has 0 atom stereocenters. The first-order chi connectivity index (χ1) is 3.41. The Hall–Kier alpha value is 1.31. The Labute approximate surface area is 79.9 Å². The summed E-state index contributed by atoms with van der Waals surface area (Å²) in [5.74, 6) is 0. The summed E-state index contributed by atoms with van der Waals surface area (Å²) in [6, 6.07) is 0. The van der Waals surface area contributed by atoms with Gasteiger partial charge >= 0.3 is 63.8 Å². The topological polar surface area (TPSA) is 74.6 Å². The molecule has 0 amide bonds. The molecule has 0 saturated carbocycles. The molecule has 6 heteroatoms. The largest absolute Gasteiger partial charge is 0.394 e. The van der Waals surface area contributed by atoms with Crippen molar-refractivity contribution >= 4 is 56.8 Å². The van der Waals surface area contributed by atoms with Crippen molar-refractivity contribution in [1.82, 2.24) is 0 Å². The van der Waals surface area contributed by atoms with E-state index in [2.05, 4.69) is 7.37 Å². The van der Waals surface area contributed by atoms with Gasteiger partial charge in [0, 0.05) is 0 Å². The fraction of sp³-hybridized carbons (Fsp3) is 0.500. The van der Waals surface area contributed by atoms with Crippen LogP contribution in [0.15, 0.2) is 0 Å². The Morgan fingerprint density at radius 2 is 1.50 bits per heavy atom. The van der Waals surface area contributed by atoms with Crippen molar-refractivity contribution in [3.8, 4) is 0 Å². The van der Waals surface area contributed by atoms with Crippen molar-refractivity contribution in [1.29, 1.82) is 0 Å². The van der Waals surface area contributed by atoms with E-state index in [1.165, 1.54) is 0 Å². The minimum atomic E-state index is -4.67. The van der Waals surface area contributed by atoms with Gasteiger partial charge in [0.05, 0.1) is 0 Å². The van der Waals surface area contributed by atoms with E-state index in [9.17, 15) is 0 Å². The van der Waals surface area contributed by atoms with Crippen molar-refractivity contribution in [3.05, 3.63) is 0 Å². The molecule has 4 nitrogen and oxygen atoms in total. The zero-order valence-corrected chi connectivity index (χ0v) is 9.66. The standard InChI is InChI=1S/C2H4.Ba.H2O4S/c1-2;;1-5(2,3)4/h1H,2H3;;(H2,1,2,3,4). The van der Waals surface area contributed by atoms with Crippen LogP contribution in [0.4, 0.5) is 0 Å². The Morgan fingerprint density at radius 1 is 1.50 bits per heavy atom. The van der Waals surface area contributed by atoms with Gasteiger partial charge in [0.1, 0.15) is 0 Å². The van der Waals surface area contributed by atoms with Crippen LogP contribution in [0, 0.1) is 0 Å². The van der Waals surface area contributed by atoms with E-state index in [0.717, 1.165) is 46.0 Å². The van der Waals surface area contributed by atoms with Crippen LogP contribution in [0.5, 0.6) is 0 Å². The number of rotatable bonds is 0. The smallest absolute Gasteiger partial charge is 0.264 e. The molecule has 0 rings (SSSR count). The second-order valence-electron chi connectivity index (χ2n) is 0.856. The third kappa shape index (κ3) is 169. The third-order valence-corrected chi connectivity index (χ3v) is 0. The van der Waals surface area contributed by atoms with Crippen LogP contribution in [0.3, 0.4) is 0 Å². The monoisotopic (exact) mass is 264 g/mol. The van der Waals surface area contributed by atoms with Gasteiger partial charge < -0.3 is 0 Å². The second kappa shape index (κ2) is 6.43. The molecule has 0 saturated heterocycles. The quantitative estimate of drug-likeness (QED) is 0.449. The molecule has 0 fully saturated rings. The molecule has 0 aliphatic carbocycles. The first-order valence-electron chi connectivity index (χ1n) is 1.68. The fourth-order valence-electron chi connectivity index (χ4n) is 0. The molecule has 0 aromatic rings. The normalized spacial score (nSPS) is 9.12. The zero-order chi connectivity index (χ0) is 7.21. The predicted molar refractivity (Wildman–Crippen MR) is 31.7 cm³/mol. The molecule has 0 aromatic carbocycles. The van der Waals surface area contributed by atoms with Crippen LogP contribution in [0.1, 0.15) is 6.92 Å². The van der Waals surface area contributed by atoms with E-state index in [1.807, 2.05) is 0 Å². The maximum Gasteiger partial charge on any atom is 0.394 e.